The van der Waals surface area contributed by atoms with E-state index in [1.807, 2.05) is 42.7 Å². The van der Waals surface area contributed by atoms with Gasteiger partial charge in [-0.25, -0.2) is 9.97 Å². The maximum absolute atomic E-state index is 5.54. The van der Waals surface area contributed by atoms with Gasteiger partial charge in [0.2, 0.25) is 11.8 Å². The molecule has 0 aliphatic carbocycles. The van der Waals surface area contributed by atoms with Crippen molar-refractivity contribution in [2.75, 3.05) is 0 Å². The molecule has 0 unspecified atom stereocenters. The van der Waals surface area contributed by atoms with Gasteiger partial charge in [0.1, 0.15) is 12.5 Å². The van der Waals surface area contributed by atoms with Gasteiger partial charge in [0, 0.05) is 23.5 Å². The first-order valence-electron chi connectivity index (χ1n) is 15.7. The lowest BCUT2D eigenvalue weighted by Crippen LogP contribution is -1.95. The van der Waals surface area contributed by atoms with Crippen molar-refractivity contribution in [3.63, 3.8) is 0 Å². The van der Waals surface area contributed by atoms with Crippen molar-refractivity contribution in [2.24, 2.45) is 0 Å². The van der Waals surface area contributed by atoms with Gasteiger partial charge in [-0.15, -0.1) is 0 Å². The van der Waals surface area contributed by atoms with Gasteiger partial charge in [-0.05, 0) is 80.2 Å². The number of aromatic nitrogens is 4. The Balaban J connectivity index is 1.28. The summed E-state index contributed by atoms with van der Waals surface area (Å²) in [5.41, 5.74) is 10.1. The Bertz CT molecular complexity index is 2520. The van der Waals surface area contributed by atoms with Crippen molar-refractivity contribution < 1.29 is 8.83 Å². The van der Waals surface area contributed by atoms with Crippen LogP contribution in [0.4, 0.5) is 0 Å². The predicted octanol–water partition coefficient (Wildman–Crippen LogP) is 10.8. The average Bonchev–Trinajstić information content (AvgIpc) is 3.91. The van der Waals surface area contributed by atoms with Crippen molar-refractivity contribution in [3.8, 4) is 67.7 Å². The van der Waals surface area contributed by atoms with Crippen LogP contribution in [0.5, 0.6) is 0 Å². The van der Waals surface area contributed by atoms with E-state index in [1.54, 1.807) is 24.9 Å². The van der Waals surface area contributed by atoms with E-state index in [-0.39, 0.29) is 0 Å². The molecule has 4 heterocycles. The van der Waals surface area contributed by atoms with Crippen LogP contribution in [0.1, 0.15) is 0 Å². The van der Waals surface area contributed by atoms with Gasteiger partial charge in [-0.1, -0.05) is 84.9 Å². The quantitative estimate of drug-likeness (QED) is 0.173. The van der Waals surface area contributed by atoms with Crippen LogP contribution in [0.15, 0.2) is 167 Å². The van der Waals surface area contributed by atoms with Gasteiger partial charge in [-0.2, -0.15) is 0 Å². The lowest BCUT2D eigenvalue weighted by molar-refractivity contribution is 0.574. The van der Waals surface area contributed by atoms with Crippen LogP contribution in [0, 0.1) is 0 Å². The molecule has 226 valence electrons. The fourth-order valence-corrected chi connectivity index (χ4v) is 6.49. The van der Waals surface area contributed by atoms with Crippen molar-refractivity contribution >= 4 is 21.5 Å². The molecule has 0 fully saturated rings. The Hall–Kier alpha value is -6.66. The molecule has 6 heteroatoms. The highest BCUT2D eigenvalue weighted by molar-refractivity contribution is 6.21. The normalized spacial score (nSPS) is 11.3. The second-order valence-corrected chi connectivity index (χ2v) is 11.5. The van der Waals surface area contributed by atoms with Gasteiger partial charge < -0.3 is 8.83 Å². The fraction of sp³-hybridized carbons (Fsp3) is 0. The van der Waals surface area contributed by atoms with Gasteiger partial charge in [0.05, 0.1) is 34.9 Å². The first kappa shape index (κ1) is 27.6. The average molecular weight is 619 g/mol. The van der Waals surface area contributed by atoms with E-state index in [4.69, 9.17) is 18.8 Å². The number of oxazole rings is 2. The number of pyridine rings is 2. The number of nitrogens with zero attached hydrogens (tertiary/aromatic N) is 4. The third kappa shape index (κ3) is 4.84. The number of fused-ring (bicyclic) bond motifs is 2. The van der Waals surface area contributed by atoms with Gasteiger partial charge in [0.25, 0.3) is 0 Å². The largest absolute Gasteiger partial charge is 0.444 e. The van der Waals surface area contributed by atoms with Crippen LogP contribution in [-0.4, -0.2) is 19.9 Å². The molecule has 0 saturated heterocycles. The number of benzene rings is 5. The molecular formula is C42H26N4O2. The van der Waals surface area contributed by atoms with Crippen LogP contribution < -0.4 is 0 Å². The minimum atomic E-state index is 0.541. The molecule has 0 N–H and O–H groups in total. The molecule has 6 nitrogen and oxygen atoms in total. The zero-order chi connectivity index (χ0) is 31.9. The zero-order valence-electron chi connectivity index (χ0n) is 25.6. The van der Waals surface area contributed by atoms with Crippen LogP contribution in [0.25, 0.3) is 89.2 Å². The van der Waals surface area contributed by atoms with E-state index >= 15 is 0 Å². The predicted molar refractivity (Wildman–Crippen MR) is 190 cm³/mol. The van der Waals surface area contributed by atoms with Gasteiger partial charge in [-0.3, -0.25) is 9.97 Å². The molecule has 0 bridgehead atoms. The Morgan fingerprint density at radius 3 is 1.42 bits per heavy atom. The zero-order valence-corrected chi connectivity index (χ0v) is 25.6. The van der Waals surface area contributed by atoms with Crippen LogP contribution in [0.2, 0.25) is 0 Å². The van der Waals surface area contributed by atoms with E-state index in [2.05, 4.69) is 101 Å². The Kier molecular flexibility index (Phi) is 6.68. The summed E-state index contributed by atoms with van der Waals surface area (Å²) in [6.07, 6.45) is 10.1. The Morgan fingerprint density at radius 1 is 0.354 bits per heavy atom. The highest BCUT2D eigenvalue weighted by atomic mass is 16.3. The molecule has 0 atom stereocenters. The fourth-order valence-electron chi connectivity index (χ4n) is 6.49. The summed E-state index contributed by atoms with van der Waals surface area (Å²) in [7, 11) is 0. The van der Waals surface area contributed by atoms with E-state index in [9.17, 15) is 0 Å². The third-order valence-corrected chi connectivity index (χ3v) is 8.72. The minimum Gasteiger partial charge on any atom is -0.444 e. The van der Waals surface area contributed by atoms with Crippen molar-refractivity contribution in [2.45, 2.75) is 0 Å². The number of rotatable bonds is 6. The molecule has 0 radical (unpaired) electrons. The maximum atomic E-state index is 5.54. The number of hydrogen-bond acceptors (Lipinski definition) is 6. The van der Waals surface area contributed by atoms with Crippen molar-refractivity contribution in [1.29, 1.82) is 0 Å². The topological polar surface area (TPSA) is 77.8 Å². The third-order valence-electron chi connectivity index (χ3n) is 8.72. The molecule has 48 heavy (non-hydrogen) atoms. The summed E-state index contributed by atoms with van der Waals surface area (Å²) in [5.74, 6) is 1.08. The summed E-state index contributed by atoms with van der Waals surface area (Å²) in [4.78, 5) is 18.5. The van der Waals surface area contributed by atoms with Gasteiger partial charge >= 0.3 is 0 Å². The summed E-state index contributed by atoms with van der Waals surface area (Å²) in [6, 6.07) is 42.5. The highest BCUT2D eigenvalue weighted by Crippen LogP contribution is 2.44. The molecule has 9 rings (SSSR count). The van der Waals surface area contributed by atoms with E-state index in [0.29, 0.717) is 11.8 Å². The standard InChI is InChI=1S/C42H26N4O2/c1-2-7-27(8-3-1)28-9-6-10-29(23-28)30-13-16-35-36(24-30)40(38-18-15-32(26-46-38)42-44-20-22-48-42)34-12-5-4-11-33(34)39(35)37-17-14-31(25-45-37)41-43-19-21-47-41/h1-26H. The second kappa shape index (κ2) is 11.6. The summed E-state index contributed by atoms with van der Waals surface area (Å²) >= 11 is 0. The van der Waals surface area contributed by atoms with E-state index in [0.717, 1.165) is 66.3 Å². The Morgan fingerprint density at radius 2 is 0.854 bits per heavy atom. The SMILES string of the molecule is c1ccc(-c2cccc(-c3ccc4c(-c5ccc(-c6ncco6)cn5)c5ccccc5c(-c5ccc(-c6ncco6)cn5)c4c3)c2)cc1. The summed E-state index contributed by atoms with van der Waals surface area (Å²) in [5, 5.41) is 4.35. The maximum Gasteiger partial charge on any atom is 0.227 e. The van der Waals surface area contributed by atoms with Crippen LogP contribution in [-0.2, 0) is 0 Å². The minimum absolute atomic E-state index is 0.541. The molecule has 0 aliphatic heterocycles. The molecule has 5 aromatic carbocycles. The van der Waals surface area contributed by atoms with Gasteiger partial charge in [0.15, 0.2) is 0 Å². The lowest BCUT2D eigenvalue weighted by atomic mass is 9.87. The van der Waals surface area contributed by atoms with Crippen LogP contribution in [0.3, 0.4) is 0 Å². The molecule has 0 saturated carbocycles. The first-order valence-corrected chi connectivity index (χ1v) is 15.7. The molecule has 0 aliphatic rings. The molecule has 0 spiro atoms. The highest BCUT2D eigenvalue weighted by Gasteiger charge is 2.19. The summed E-state index contributed by atoms with van der Waals surface area (Å²) in [6.45, 7) is 0. The van der Waals surface area contributed by atoms with Crippen LogP contribution >= 0.6 is 0 Å². The monoisotopic (exact) mass is 618 g/mol. The lowest BCUT2D eigenvalue weighted by Gasteiger charge is -2.18. The molecular weight excluding hydrogens is 592 g/mol. The molecule has 0 amide bonds. The summed E-state index contributed by atoms with van der Waals surface area (Å²) < 4.78 is 11.1. The van der Waals surface area contributed by atoms with Crippen molar-refractivity contribution in [3.05, 3.63) is 159 Å². The smallest absolute Gasteiger partial charge is 0.227 e. The molecule has 4 aromatic heterocycles. The van der Waals surface area contributed by atoms with E-state index in [1.165, 1.54) is 11.1 Å². The number of hydrogen-bond donors (Lipinski definition) is 0. The van der Waals surface area contributed by atoms with Crippen molar-refractivity contribution in [1.82, 2.24) is 19.9 Å². The second-order valence-electron chi connectivity index (χ2n) is 11.5. The Labute approximate surface area is 276 Å². The van der Waals surface area contributed by atoms with E-state index < -0.39 is 0 Å². The molecule has 9 aromatic rings. The first-order chi connectivity index (χ1) is 23.8.